The molecule has 1 heterocycles. The quantitative estimate of drug-likeness (QED) is 0.785. The first kappa shape index (κ1) is 15.2. The molecule has 0 aliphatic rings. The van der Waals surface area contributed by atoms with Crippen LogP contribution in [0.25, 0.3) is 0 Å². The van der Waals surface area contributed by atoms with Crippen LogP contribution in [0.2, 0.25) is 0 Å². The van der Waals surface area contributed by atoms with Crippen LogP contribution in [0.4, 0.5) is 0 Å². The maximum absolute atomic E-state index is 4.28. The predicted octanol–water partition coefficient (Wildman–Crippen LogP) is 4.11. The zero-order valence-electron chi connectivity index (χ0n) is 12.5. The third kappa shape index (κ3) is 4.77. The molecule has 0 aliphatic carbocycles. The molecule has 0 fully saturated rings. The Morgan fingerprint density at radius 2 is 1.94 bits per heavy atom. The maximum atomic E-state index is 4.28. The number of nitrogens with zero attached hydrogens (tertiary/aromatic N) is 1. The van der Waals surface area contributed by atoms with Gasteiger partial charge in [-0.2, -0.15) is 0 Å². The summed E-state index contributed by atoms with van der Waals surface area (Å²) in [6.45, 7) is 12.3. The third-order valence-corrected chi connectivity index (χ3v) is 3.42. The van der Waals surface area contributed by atoms with Crippen LogP contribution in [-0.2, 0) is 0 Å². The molecule has 2 unspecified atom stereocenters. The fourth-order valence-corrected chi connectivity index (χ4v) is 2.71. The average Bonchev–Trinajstić information content (AvgIpc) is 2.28. The monoisotopic (exact) mass is 248 g/mol. The maximum Gasteiger partial charge on any atom is 0.0340 e. The van der Waals surface area contributed by atoms with Gasteiger partial charge in [0.1, 0.15) is 0 Å². The summed E-state index contributed by atoms with van der Waals surface area (Å²) < 4.78 is 0. The Hall–Kier alpha value is -0.890. The first-order valence-corrected chi connectivity index (χ1v) is 7.18. The van der Waals surface area contributed by atoms with E-state index in [0.717, 1.165) is 18.4 Å². The molecular formula is C16H28N2. The fourth-order valence-electron chi connectivity index (χ4n) is 2.71. The van der Waals surface area contributed by atoms with Crippen molar-refractivity contribution in [2.75, 3.05) is 6.54 Å². The Bertz CT molecular complexity index is 347. The molecule has 0 radical (unpaired) electrons. The average molecular weight is 248 g/mol. The molecule has 0 aromatic carbocycles. The molecule has 2 heteroatoms. The standard InChI is InChI=1S/C16H28N2/c1-6-18-16(10-13(4)9-12(2)3)15-11-17-8-7-14(15)5/h7-8,11-13,16,18H,6,9-10H2,1-5H3. The minimum atomic E-state index is 0.442. The first-order chi connectivity index (χ1) is 8.54. The molecule has 1 aromatic heterocycles. The van der Waals surface area contributed by atoms with Crippen LogP contribution >= 0.6 is 0 Å². The van der Waals surface area contributed by atoms with Gasteiger partial charge in [-0.25, -0.2) is 0 Å². The molecule has 1 N–H and O–H groups in total. The van der Waals surface area contributed by atoms with Gasteiger partial charge >= 0.3 is 0 Å². The summed E-state index contributed by atoms with van der Waals surface area (Å²) in [5.41, 5.74) is 2.70. The van der Waals surface area contributed by atoms with Crippen LogP contribution in [-0.4, -0.2) is 11.5 Å². The van der Waals surface area contributed by atoms with E-state index in [1.54, 1.807) is 0 Å². The SMILES string of the molecule is CCNC(CC(C)CC(C)C)c1cnccc1C. The lowest BCUT2D eigenvalue weighted by molar-refractivity contribution is 0.358. The van der Waals surface area contributed by atoms with Gasteiger partial charge in [0.15, 0.2) is 0 Å². The third-order valence-electron chi connectivity index (χ3n) is 3.42. The summed E-state index contributed by atoms with van der Waals surface area (Å²) in [5.74, 6) is 1.52. The molecule has 18 heavy (non-hydrogen) atoms. The Morgan fingerprint density at radius 3 is 2.50 bits per heavy atom. The first-order valence-electron chi connectivity index (χ1n) is 7.18. The minimum Gasteiger partial charge on any atom is -0.310 e. The summed E-state index contributed by atoms with van der Waals surface area (Å²) in [7, 11) is 0. The van der Waals surface area contributed by atoms with Crippen molar-refractivity contribution >= 4 is 0 Å². The summed E-state index contributed by atoms with van der Waals surface area (Å²) in [4.78, 5) is 4.28. The lowest BCUT2D eigenvalue weighted by Gasteiger charge is -2.24. The van der Waals surface area contributed by atoms with Crippen molar-refractivity contribution in [2.45, 2.75) is 53.5 Å². The van der Waals surface area contributed by atoms with Crippen molar-refractivity contribution in [3.63, 3.8) is 0 Å². The number of rotatable bonds is 7. The number of pyridine rings is 1. The highest BCUT2D eigenvalue weighted by Gasteiger charge is 2.17. The van der Waals surface area contributed by atoms with Crippen LogP contribution in [0.3, 0.4) is 0 Å². The van der Waals surface area contributed by atoms with Crippen LogP contribution in [0.5, 0.6) is 0 Å². The number of hydrogen-bond donors (Lipinski definition) is 1. The van der Waals surface area contributed by atoms with Gasteiger partial charge in [0.2, 0.25) is 0 Å². The van der Waals surface area contributed by atoms with Crippen molar-refractivity contribution in [1.29, 1.82) is 0 Å². The smallest absolute Gasteiger partial charge is 0.0340 e. The van der Waals surface area contributed by atoms with Gasteiger partial charge in [-0.15, -0.1) is 0 Å². The van der Waals surface area contributed by atoms with E-state index < -0.39 is 0 Å². The van der Waals surface area contributed by atoms with Crippen molar-refractivity contribution in [3.8, 4) is 0 Å². The highest BCUT2D eigenvalue weighted by molar-refractivity contribution is 5.25. The summed E-state index contributed by atoms with van der Waals surface area (Å²) in [5, 5.41) is 3.60. The molecule has 0 saturated heterocycles. The van der Waals surface area contributed by atoms with E-state index in [2.05, 4.69) is 51.0 Å². The highest BCUT2D eigenvalue weighted by atomic mass is 14.9. The zero-order valence-corrected chi connectivity index (χ0v) is 12.5. The van der Waals surface area contributed by atoms with Gasteiger partial charge in [-0.3, -0.25) is 4.98 Å². The molecule has 0 aliphatic heterocycles. The summed E-state index contributed by atoms with van der Waals surface area (Å²) >= 11 is 0. The van der Waals surface area contributed by atoms with E-state index in [0.29, 0.717) is 6.04 Å². The summed E-state index contributed by atoms with van der Waals surface area (Å²) in [6, 6.07) is 2.55. The Kier molecular flexibility index (Phi) is 6.34. The number of hydrogen-bond acceptors (Lipinski definition) is 2. The summed E-state index contributed by atoms with van der Waals surface area (Å²) in [6.07, 6.45) is 6.38. The van der Waals surface area contributed by atoms with E-state index in [1.807, 2.05) is 12.4 Å². The molecule has 0 amide bonds. The fraction of sp³-hybridized carbons (Fsp3) is 0.688. The molecule has 102 valence electrons. The van der Waals surface area contributed by atoms with E-state index in [4.69, 9.17) is 0 Å². The van der Waals surface area contributed by atoms with E-state index >= 15 is 0 Å². The van der Waals surface area contributed by atoms with Crippen LogP contribution in [0, 0.1) is 18.8 Å². The molecule has 0 saturated carbocycles. The van der Waals surface area contributed by atoms with Crippen LogP contribution in [0.15, 0.2) is 18.5 Å². The Balaban J connectivity index is 2.74. The topological polar surface area (TPSA) is 24.9 Å². The molecule has 1 aromatic rings. The van der Waals surface area contributed by atoms with Crippen molar-refractivity contribution in [3.05, 3.63) is 29.6 Å². The van der Waals surface area contributed by atoms with E-state index in [-0.39, 0.29) is 0 Å². The molecule has 1 rings (SSSR count). The largest absolute Gasteiger partial charge is 0.310 e. The van der Waals surface area contributed by atoms with Gasteiger partial charge < -0.3 is 5.32 Å². The van der Waals surface area contributed by atoms with Crippen molar-refractivity contribution < 1.29 is 0 Å². The second kappa shape index (κ2) is 7.52. The molecule has 0 bridgehead atoms. The van der Waals surface area contributed by atoms with Gasteiger partial charge in [-0.05, 0) is 55.3 Å². The number of aromatic nitrogens is 1. The second-order valence-electron chi connectivity index (χ2n) is 5.81. The van der Waals surface area contributed by atoms with Gasteiger partial charge in [-0.1, -0.05) is 27.7 Å². The van der Waals surface area contributed by atoms with Crippen molar-refractivity contribution in [1.82, 2.24) is 10.3 Å². The van der Waals surface area contributed by atoms with Gasteiger partial charge in [0, 0.05) is 18.4 Å². The van der Waals surface area contributed by atoms with Crippen LogP contribution in [0.1, 0.15) is 57.7 Å². The molecular weight excluding hydrogens is 220 g/mol. The van der Waals surface area contributed by atoms with Crippen molar-refractivity contribution in [2.24, 2.45) is 11.8 Å². The Morgan fingerprint density at radius 1 is 1.22 bits per heavy atom. The number of aryl methyl sites for hydroxylation is 1. The molecule has 2 nitrogen and oxygen atoms in total. The van der Waals surface area contributed by atoms with Gasteiger partial charge in [0.05, 0.1) is 0 Å². The van der Waals surface area contributed by atoms with Gasteiger partial charge in [0.25, 0.3) is 0 Å². The van der Waals surface area contributed by atoms with E-state index in [1.165, 1.54) is 24.0 Å². The lowest BCUT2D eigenvalue weighted by Crippen LogP contribution is -2.24. The second-order valence-corrected chi connectivity index (χ2v) is 5.81. The van der Waals surface area contributed by atoms with E-state index in [9.17, 15) is 0 Å². The molecule has 2 atom stereocenters. The minimum absolute atomic E-state index is 0.442. The lowest BCUT2D eigenvalue weighted by atomic mass is 9.89. The Labute approximate surface area is 112 Å². The molecule has 0 spiro atoms. The predicted molar refractivity (Wildman–Crippen MR) is 78.6 cm³/mol. The van der Waals surface area contributed by atoms with Crippen LogP contribution < -0.4 is 5.32 Å². The number of nitrogens with one attached hydrogen (secondary N) is 1. The zero-order chi connectivity index (χ0) is 13.5. The normalized spacial score (nSPS) is 14.8. The highest BCUT2D eigenvalue weighted by Crippen LogP contribution is 2.26.